The molecule has 0 saturated carbocycles. The van der Waals surface area contributed by atoms with Crippen molar-refractivity contribution in [3.63, 3.8) is 0 Å². The van der Waals surface area contributed by atoms with Crippen molar-refractivity contribution in [1.82, 2.24) is 20.4 Å². The molecular formula is C23H29IN6O2. The fourth-order valence-corrected chi connectivity index (χ4v) is 3.03. The van der Waals surface area contributed by atoms with E-state index in [2.05, 4.69) is 32.9 Å². The number of carbonyl (C=O) groups excluding carboxylic acids is 1. The van der Waals surface area contributed by atoms with Crippen LogP contribution in [0.2, 0.25) is 0 Å². The van der Waals surface area contributed by atoms with Crippen molar-refractivity contribution in [2.24, 2.45) is 10.7 Å². The predicted molar refractivity (Wildman–Crippen MR) is 136 cm³/mol. The van der Waals surface area contributed by atoms with E-state index in [1.54, 1.807) is 12.3 Å². The zero-order chi connectivity index (χ0) is 21.9. The maximum Gasteiger partial charge on any atom is 0.255 e. The molecule has 8 nitrogen and oxygen atoms in total. The Kier molecular flexibility index (Phi) is 10.5. The van der Waals surface area contributed by atoms with E-state index in [-0.39, 0.29) is 30.6 Å². The monoisotopic (exact) mass is 548 g/mol. The van der Waals surface area contributed by atoms with E-state index in [9.17, 15) is 4.79 Å². The van der Waals surface area contributed by atoms with Gasteiger partial charge in [-0.15, -0.1) is 24.0 Å². The van der Waals surface area contributed by atoms with Crippen molar-refractivity contribution in [2.75, 3.05) is 13.2 Å². The first kappa shape index (κ1) is 25.2. The van der Waals surface area contributed by atoms with Gasteiger partial charge in [0, 0.05) is 25.5 Å². The summed E-state index contributed by atoms with van der Waals surface area (Å²) in [6, 6.07) is 17.7. The standard InChI is InChI=1S/C23H28N6O2.HI/c1-2-25-23(26-14-18-7-5-10-21(13-18)31-17-22(24)30)27-15-19-8-3-4-9-20(19)16-29-12-6-11-28-29;/h3-13H,2,14-17H2,1H3,(H2,24,30)(H2,25,26,27);1H. The van der Waals surface area contributed by atoms with Gasteiger partial charge in [0.1, 0.15) is 5.75 Å². The second kappa shape index (κ2) is 13.4. The Morgan fingerprint density at radius 3 is 2.66 bits per heavy atom. The third-order valence-corrected chi connectivity index (χ3v) is 4.50. The minimum Gasteiger partial charge on any atom is -0.484 e. The summed E-state index contributed by atoms with van der Waals surface area (Å²) in [5.74, 6) is 0.812. The van der Waals surface area contributed by atoms with E-state index in [1.807, 2.05) is 54.2 Å². The van der Waals surface area contributed by atoms with Gasteiger partial charge in [-0.05, 0) is 41.8 Å². The average molecular weight is 548 g/mol. The van der Waals surface area contributed by atoms with Crippen molar-refractivity contribution >= 4 is 35.8 Å². The van der Waals surface area contributed by atoms with Crippen molar-refractivity contribution in [3.05, 3.63) is 83.7 Å². The molecular weight excluding hydrogens is 519 g/mol. The molecule has 0 aliphatic heterocycles. The summed E-state index contributed by atoms with van der Waals surface area (Å²) >= 11 is 0. The minimum atomic E-state index is -0.505. The first-order valence-corrected chi connectivity index (χ1v) is 10.2. The zero-order valence-corrected chi connectivity index (χ0v) is 20.4. The molecule has 0 radical (unpaired) electrons. The highest BCUT2D eigenvalue weighted by Crippen LogP contribution is 2.14. The van der Waals surface area contributed by atoms with Gasteiger partial charge >= 0.3 is 0 Å². The van der Waals surface area contributed by atoms with Crippen LogP contribution in [0.25, 0.3) is 0 Å². The molecule has 0 unspecified atom stereocenters. The number of hydrogen-bond acceptors (Lipinski definition) is 4. The molecule has 0 saturated heterocycles. The number of guanidine groups is 1. The average Bonchev–Trinajstić information content (AvgIpc) is 3.28. The van der Waals surface area contributed by atoms with Crippen LogP contribution in [-0.4, -0.2) is 34.8 Å². The molecule has 0 bridgehead atoms. The van der Waals surface area contributed by atoms with Crippen LogP contribution in [0, 0.1) is 0 Å². The molecule has 3 aromatic rings. The highest BCUT2D eigenvalue weighted by molar-refractivity contribution is 14.0. The quantitative estimate of drug-likeness (QED) is 0.205. The number of ether oxygens (including phenoxy) is 1. The smallest absolute Gasteiger partial charge is 0.255 e. The van der Waals surface area contributed by atoms with E-state index in [0.29, 0.717) is 18.8 Å². The maximum absolute atomic E-state index is 10.9. The molecule has 1 amide bonds. The summed E-state index contributed by atoms with van der Waals surface area (Å²) in [4.78, 5) is 15.6. The number of nitrogens with one attached hydrogen (secondary N) is 2. The van der Waals surface area contributed by atoms with Crippen LogP contribution in [0.1, 0.15) is 23.6 Å². The Balaban J connectivity index is 0.00000363. The molecule has 4 N–H and O–H groups in total. The van der Waals surface area contributed by atoms with Gasteiger partial charge in [0.05, 0.1) is 13.1 Å². The molecule has 0 aliphatic rings. The topological polar surface area (TPSA) is 107 Å². The van der Waals surface area contributed by atoms with Crippen LogP contribution in [0.3, 0.4) is 0 Å². The van der Waals surface area contributed by atoms with Crippen LogP contribution in [0.5, 0.6) is 5.75 Å². The Labute approximate surface area is 205 Å². The summed E-state index contributed by atoms with van der Waals surface area (Å²) in [5.41, 5.74) is 8.49. The molecule has 0 atom stereocenters. The Bertz CT molecular complexity index is 1010. The number of aliphatic imine (C=N–C) groups is 1. The van der Waals surface area contributed by atoms with Crippen molar-refractivity contribution in [2.45, 2.75) is 26.6 Å². The second-order valence-corrected chi connectivity index (χ2v) is 6.92. The number of nitrogens with zero attached hydrogens (tertiary/aromatic N) is 3. The molecule has 170 valence electrons. The summed E-state index contributed by atoms with van der Waals surface area (Å²) < 4.78 is 7.27. The third-order valence-electron chi connectivity index (χ3n) is 4.50. The highest BCUT2D eigenvalue weighted by Gasteiger charge is 2.05. The summed E-state index contributed by atoms with van der Waals surface area (Å²) in [5, 5.41) is 11.0. The molecule has 0 aliphatic carbocycles. The largest absolute Gasteiger partial charge is 0.484 e. The van der Waals surface area contributed by atoms with Crippen LogP contribution in [0.15, 0.2) is 72.0 Å². The maximum atomic E-state index is 10.9. The number of amides is 1. The van der Waals surface area contributed by atoms with Crippen molar-refractivity contribution < 1.29 is 9.53 Å². The molecule has 2 aromatic carbocycles. The third kappa shape index (κ3) is 8.22. The van der Waals surface area contributed by atoms with Crippen molar-refractivity contribution in [3.8, 4) is 5.75 Å². The van der Waals surface area contributed by atoms with E-state index in [1.165, 1.54) is 11.1 Å². The van der Waals surface area contributed by atoms with Crippen LogP contribution in [0.4, 0.5) is 0 Å². The summed E-state index contributed by atoms with van der Waals surface area (Å²) in [6.45, 7) is 4.47. The number of halogens is 1. The van der Waals surface area contributed by atoms with Gasteiger partial charge in [-0.2, -0.15) is 5.10 Å². The number of primary amides is 1. The van der Waals surface area contributed by atoms with Crippen LogP contribution >= 0.6 is 24.0 Å². The van der Waals surface area contributed by atoms with Gasteiger partial charge in [0.25, 0.3) is 5.91 Å². The lowest BCUT2D eigenvalue weighted by Gasteiger charge is -2.14. The molecule has 1 heterocycles. The lowest BCUT2D eigenvalue weighted by atomic mass is 10.1. The van der Waals surface area contributed by atoms with Gasteiger partial charge in [0.2, 0.25) is 0 Å². The molecule has 1 aromatic heterocycles. The van der Waals surface area contributed by atoms with Gasteiger partial charge in [0.15, 0.2) is 12.6 Å². The first-order valence-electron chi connectivity index (χ1n) is 10.2. The first-order chi connectivity index (χ1) is 15.1. The lowest BCUT2D eigenvalue weighted by molar-refractivity contribution is -0.119. The number of benzene rings is 2. The van der Waals surface area contributed by atoms with E-state index >= 15 is 0 Å². The predicted octanol–water partition coefficient (Wildman–Crippen LogP) is 2.67. The van der Waals surface area contributed by atoms with Crippen molar-refractivity contribution in [1.29, 1.82) is 0 Å². The fourth-order valence-electron chi connectivity index (χ4n) is 3.03. The SMILES string of the molecule is CCNC(=NCc1cccc(OCC(N)=O)c1)NCc1ccccc1Cn1cccn1.I. The number of nitrogens with two attached hydrogens (primary N) is 1. The van der Waals surface area contributed by atoms with Gasteiger partial charge in [-0.3, -0.25) is 9.48 Å². The normalized spacial score (nSPS) is 10.8. The molecule has 9 heteroatoms. The Hall–Kier alpha value is -3.08. The summed E-state index contributed by atoms with van der Waals surface area (Å²) in [6.07, 6.45) is 3.74. The number of rotatable bonds is 10. The summed E-state index contributed by atoms with van der Waals surface area (Å²) in [7, 11) is 0. The number of hydrogen-bond donors (Lipinski definition) is 3. The van der Waals surface area contributed by atoms with Gasteiger partial charge in [-0.25, -0.2) is 4.99 Å². The lowest BCUT2D eigenvalue weighted by Crippen LogP contribution is -2.37. The molecule has 0 spiro atoms. The molecule has 3 rings (SSSR count). The van der Waals surface area contributed by atoms with E-state index in [4.69, 9.17) is 10.5 Å². The number of aromatic nitrogens is 2. The zero-order valence-electron chi connectivity index (χ0n) is 18.0. The Morgan fingerprint density at radius 1 is 1.12 bits per heavy atom. The van der Waals surface area contributed by atoms with Gasteiger partial charge < -0.3 is 21.1 Å². The molecule has 0 fully saturated rings. The minimum absolute atomic E-state index is 0. The number of carbonyl (C=O) groups is 1. The highest BCUT2D eigenvalue weighted by atomic mass is 127. The fraction of sp³-hybridized carbons (Fsp3) is 0.261. The van der Waals surface area contributed by atoms with E-state index in [0.717, 1.165) is 24.6 Å². The van der Waals surface area contributed by atoms with E-state index < -0.39 is 5.91 Å². The molecule has 32 heavy (non-hydrogen) atoms. The van der Waals surface area contributed by atoms with Crippen LogP contribution < -0.4 is 21.1 Å². The second-order valence-electron chi connectivity index (χ2n) is 6.92. The Morgan fingerprint density at radius 2 is 1.94 bits per heavy atom. The van der Waals surface area contributed by atoms with Crippen LogP contribution in [-0.2, 0) is 24.4 Å². The van der Waals surface area contributed by atoms with Gasteiger partial charge in [-0.1, -0.05) is 36.4 Å².